The molecule has 3 heterocycles. The quantitative estimate of drug-likeness (QED) is 0.407. The third-order valence-electron chi connectivity index (χ3n) is 4.67. The second-order valence-electron chi connectivity index (χ2n) is 6.71. The van der Waals surface area contributed by atoms with Crippen LogP contribution in [0.4, 0.5) is 26.4 Å². The van der Waals surface area contributed by atoms with Gasteiger partial charge in [0.15, 0.2) is 5.82 Å². The summed E-state index contributed by atoms with van der Waals surface area (Å²) in [5.41, 5.74) is 2.15. The molecule has 5 rings (SSSR count). The van der Waals surface area contributed by atoms with E-state index in [1.54, 1.807) is 24.5 Å². The molecule has 0 spiro atoms. The molecule has 2 atom stereocenters. The Labute approximate surface area is 157 Å². The molecular formula is C18H16F2N8. The standard InChI is InChI=1S/C18H16F2N8/c19-10-3-9(12-8-23-26-14(12)4-10)7-22-18-21-2-1-16(25-18)24-17-6-15(27-28-17)11-5-13(11)20/h1-4,6,8,11,13H,5,7H2,(H,23,26)(H3,21,22,24,25,27,28)/t11-,13-/m1/s1. The van der Waals surface area contributed by atoms with Gasteiger partial charge in [-0.25, -0.2) is 13.8 Å². The Morgan fingerprint density at radius 3 is 2.93 bits per heavy atom. The second-order valence-corrected chi connectivity index (χ2v) is 6.71. The maximum Gasteiger partial charge on any atom is 0.224 e. The van der Waals surface area contributed by atoms with Crippen molar-refractivity contribution in [1.82, 2.24) is 30.4 Å². The summed E-state index contributed by atoms with van der Waals surface area (Å²) in [5.74, 6) is 1.05. The second kappa shape index (κ2) is 6.55. The molecule has 4 N–H and O–H groups in total. The average molecular weight is 382 g/mol. The molecule has 3 aromatic heterocycles. The van der Waals surface area contributed by atoms with E-state index >= 15 is 0 Å². The van der Waals surface area contributed by atoms with Crippen LogP contribution in [0.3, 0.4) is 0 Å². The lowest BCUT2D eigenvalue weighted by Gasteiger charge is -2.08. The van der Waals surface area contributed by atoms with Crippen LogP contribution in [0.2, 0.25) is 0 Å². The van der Waals surface area contributed by atoms with Gasteiger partial charge in [0, 0.05) is 35.8 Å². The van der Waals surface area contributed by atoms with Crippen LogP contribution in [0.15, 0.2) is 36.7 Å². The van der Waals surface area contributed by atoms with E-state index in [-0.39, 0.29) is 11.7 Å². The molecule has 1 aromatic carbocycles. The van der Waals surface area contributed by atoms with Gasteiger partial charge in [-0.2, -0.15) is 15.2 Å². The molecular weight excluding hydrogens is 366 g/mol. The molecule has 28 heavy (non-hydrogen) atoms. The molecule has 0 unspecified atom stereocenters. The van der Waals surface area contributed by atoms with Crippen molar-refractivity contribution in [3.05, 3.63) is 53.7 Å². The van der Waals surface area contributed by atoms with Crippen LogP contribution in [-0.2, 0) is 6.54 Å². The highest BCUT2D eigenvalue weighted by molar-refractivity contribution is 5.81. The number of nitrogens with zero attached hydrogens (tertiary/aromatic N) is 4. The average Bonchev–Trinajstić information content (AvgIpc) is 3.07. The SMILES string of the molecule is Fc1cc(CNc2nccc(Nc3cc([C@@H]4C[C@H]4F)[nH]n3)n2)c2cn[nH]c2c1. The summed E-state index contributed by atoms with van der Waals surface area (Å²) in [6.45, 7) is 0.337. The Morgan fingerprint density at radius 1 is 1.18 bits per heavy atom. The molecule has 0 aliphatic heterocycles. The Kier molecular flexibility index (Phi) is 3.89. The molecule has 1 saturated carbocycles. The van der Waals surface area contributed by atoms with Crippen LogP contribution in [0.1, 0.15) is 23.6 Å². The minimum Gasteiger partial charge on any atom is -0.350 e. The lowest BCUT2D eigenvalue weighted by atomic mass is 10.1. The number of hydrogen-bond acceptors (Lipinski definition) is 6. The predicted molar refractivity (Wildman–Crippen MR) is 99.5 cm³/mol. The van der Waals surface area contributed by atoms with Crippen molar-refractivity contribution in [1.29, 1.82) is 0 Å². The monoisotopic (exact) mass is 382 g/mol. The zero-order valence-corrected chi connectivity index (χ0v) is 14.6. The largest absolute Gasteiger partial charge is 0.350 e. The molecule has 4 aromatic rings. The third kappa shape index (κ3) is 3.24. The fraction of sp³-hybridized carbons (Fsp3) is 0.222. The zero-order chi connectivity index (χ0) is 19.1. The number of fused-ring (bicyclic) bond motifs is 1. The first-order valence-corrected chi connectivity index (χ1v) is 8.80. The van der Waals surface area contributed by atoms with Gasteiger partial charge >= 0.3 is 0 Å². The molecule has 0 amide bonds. The van der Waals surface area contributed by atoms with E-state index in [1.165, 1.54) is 12.1 Å². The summed E-state index contributed by atoms with van der Waals surface area (Å²) in [6.07, 6.45) is 3.00. The Balaban J connectivity index is 1.29. The number of hydrogen-bond donors (Lipinski definition) is 4. The third-order valence-corrected chi connectivity index (χ3v) is 4.67. The lowest BCUT2D eigenvalue weighted by molar-refractivity contribution is 0.466. The van der Waals surface area contributed by atoms with Crippen molar-refractivity contribution in [3.8, 4) is 0 Å². The van der Waals surface area contributed by atoms with Crippen LogP contribution in [0, 0.1) is 5.82 Å². The number of aromatic amines is 2. The topological polar surface area (TPSA) is 107 Å². The van der Waals surface area contributed by atoms with Gasteiger partial charge in [0.2, 0.25) is 5.95 Å². The van der Waals surface area contributed by atoms with Gasteiger partial charge in [-0.3, -0.25) is 10.2 Å². The van der Waals surface area contributed by atoms with Crippen molar-refractivity contribution in [2.45, 2.75) is 25.1 Å². The zero-order valence-electron chi connectivity index (χ0n) is 14.6. The van der Waals surface area contributed by atoms with Crippen molar-refractivity contribution in [3.63, 3.8) is 0 Å². The van der Waals surface area contributed by atoms with Crippen LogP contribution in [-0.4, -0.2) is 36.5 Å². The minimum absolute atomic E-state index is 0.0864. The van der Waals surface area contributed by atoms with E-state index in [0.29, 0.717) is 36.1 Å². The van der Waals surface area contributed by atoms with Crippen LogP contribution in [0.5, 0.6) is 0 Å². The predicted octanol–water partition coefficient (Wildman–Crippen LogP) is 3.40. The number of halogens is 2. The number of H-pyrrole nitrogens is 2. The number of nitrogens with one attached hydrogen (secondary N) is 4. The Bertz CT molecular complexity index is 1140. The molecule has 142 valence electrons. The van der Waals surface area contributed by atoms with Crippen molar-refractivity contribution < 1.29 is 8.78 Å². The highest BCUT2D eigenvalue weighted by Gasteiger charge is 2.40. The summed E-state index contributed by atoms with van der Waals surface area (Å²) in [7, 11) is 0. The number of alkyl halides is 1. The first-order chi connectivity index (χ1) is 13.7. The molecule has 1 aliphatic rings. The highest BCUT2D eigenvalue weighted by Crippen LogP contribution is 2.43. The van der Waals surface area contributed by atoms with Crippen LogP contribution in [0.25, 0.3) is 10.9 Å². The fourth-order valence-corrected chi connectivity index (χ4v) is 3.13. The van der Waals surface area contributed by atoms with Crippen molar-refractivity contribution >= 4 is 28.5 Å². The van der Waals surface area contributed by atoms with E-state index in [2.05, 4.69) is 41.0 Å². The van der Waals surface area contributed by atoms with Gasteiger partial charge in [0.25, 0.3) is 0 Å². The van der Waals surface area contributed by atoms with Crippen LogP contribution >= 0.6 is 0 Å². The number of benzene rings is 1. The maximum atomic E-state index is 13.7. The van der Waals surface area contributed by atoms with Gasteiger partial charge in [-0.15, -0.1) is 0 Å². The normalized spacial score (nSPS) is 18.4. The van der Waals surface area contributed by atoms with Gasteiger partial charge in [0.1, 0.15) is 17.8 Å². The van der Waals surface area contributed by atoms with Gasteiger partial charge in [0.05, 0.1) is 11.7 Å². The molecule has 0 radical (unpaired) electrons. The minimum atomic E-state index is -0.785. The Hall–Kier alpha value is -3.56. The summed E-state index contributed by atoms with van der Waals surface area (Å²) < 4.78 is 26.9. The summed E-state index contributed by atoms with van der Waals surface area (Å²) >= 11 is 0. The lowest BCUT2D eigenvalue weighted by Crippen LogP contribution is -2.05. The summed E-state index contributed by atoms with van der Waals surface area (Å²) in [4.78, 5) is 8.56. The van der Waals surface area contributed by atoms with Crippen molar-refractivity contribution in [2.75, 3.05) is 10.6 Å². The summed E-state index contributed by atoms with van der Waals surface area (Å²) in [6, 6.07) is 6.33. The molecule has 0 bridgehead atoms. The number of anilines is 3. The maximum absolute atomic E-state index is 13.7. The smallest absolute Gasteiger partial charge is 0.224 e. The number of rotatable bonds is 6. The molecule has 10 heteroatoms. The van der Waals surface area contributed by atoms with Crippen LogP contribution < -0.4 is 10.6 Å². The van der Waals surface area contributed by atoms with E-state index in [1.807, 2.05) is 0 Å². The molecule has 0 saturated heterocycles. The fourth-order valence-electron chi connectivity index (χ4n) is 3.13. The van der Waals surface area contributed by atoms with E-state index < -0.39 is 6.17 Å². The number of aromatic nitrogens is 6. The van der Waals surface area contributed by atoms with Crippen molar-refractivity contribution in [2.24, 2.45) is 0 Å². The molecule has 1 aliphatic carbocycles. The van der Waals surface area contributed by atoms with E-state index in [4.69, 9.17) is 0 Å². The van der Waals surface area contributed by atoms with Gasteiger partial charge in [-0.05, 0) is 30.2 Å². The molecule has 8 nitrogen and oxygen atoms in total. The molecule has 1 fully saturated rings. The van der Waals surface area contributed by atoms with Gasteiger partial charge < -0.3 is 10.6 Å². The highest BCUT2D eigenvalue weighted by atomic mass is 19.1. The van der Waals surface area contributed by atoms with Gasteiger partial charge in [-0.1, -0.05) is 0 Å². The summed E-state index contributed by atoms with van der Waals surface area (Å²) in [5, 5.41) is 20.7. The van der Waals surface area contributed by atoms with E-state index in [0.717, 1.165) is 16.6 Å². The first-order valence-electron chi connectivity index (χ1n) is 8.80. The van der Waals surface area contributed by atoms with E-state index in [9.17, 15) is 8.78 Å². The first kappa shape index (κ1) is 16.6. The Morgan fingerprint density at radius 2 is 2.07 bits per heavy atom.